The number of halogens is 2. The second kappa shape index (κ2) is 5.36. The number of rotatable bonds is 5. The molecule has 1 aromatic rings. The van der Waals surface area contributed by atoms with Crippen LogP contribution in [-0.4, -0.2) is 19.2 Å². The van der Waals surface area contributed by atoms with Gasteiger partial charge in [0, 0.05) is 6.07 Å². The van der Waals surface area contributed by atoms with E-state index in [9.17, 15) is 4.39 Å². The first kappa shape index (κ1) is 12.8. The smallest absolute Gasteiger partial charge is 0.137 e. The van der Waals surface area contributed by atoms with Gasteiger partial charge in [-0.05, 0) is 67.3 Å². The van der Waals surface area contributed by atoms with Crippen molar-refractivity contribution in [1.82, 2.24) is 5.32 Å². The fraction of sp³-hybridized carbons (Fsp3) is 0.538. The summed E-state index contributed by atoms with van der Waals surface area (Å²) in [5, 5.41) is 3.14. The van der Waals surface area contributed by atoms with Crippen molar-refractivity contribution in [2.75, 3.05) is 13.6 Å². The van der Waals surface area contributed by atoms with Gasteiger partial charge in [0.1, 0.15) is 17.2 Å². The fourth-order valence-corrected chi connectivity index (χ4v) is 2.44. The minimum Gasteiger partial charge on any atom is -0.486 e. The van der Waals surface area contributed by atoms with Crippen molar-refractivity contribution in [3.8, 4) is 5.75 Å². The highest BCUT2D eigenvalue weighted by atomic mass is 79.9. The van der Waals surface area contributed by atoms with Gasteiger partial charge in [0.2, 0.25) is 0 Å². The molecule has 0 unspecified atom stereocenters. The van der Waals surface area contributed by atoms with Crippen LogP contribution < -0.4 is 10.1 Å². The van der Waals surface area contributed by atoms with Crippen LogP contribution in [-0.2, 0) is 0 Å². The fourth-order valence-electron chi connectivity index (χ4n) is 2.12. The van der Waals surface area contributed by atoms with E-state index in [4.69, 9.17) is 4.74 Å². The SMILES string of the molecule is CNCCC1(Oc2cc(F)ccc2Br)CCC1. The van der Waals surface area contributed by atoms with Crippen LogP contribution >= 0.6 is 15.9 Å². The maximum atomic E-state index is 13.2. The van der Waals surface area contributed by atoms with Gasteiger partial charge >= 0.3 is 0 Å². The monoisotopic (exact) mass is 301 g/mol. The highest BCUT2D eigenvalue weighted by molar-refractivity contribution is 9.10. The van der Waals surface area contributed by atoms with Gasteiger partial charge in [0.15, 0.2) is 0 Å². The second-order valence-electron chi connectivity index (χ2n) is 4.57. The third-order valence-electron chi connectivity index (χ3n) is 3.32. The standard InChI is InChI=1S/C13H17BrFNO/c1-16-8-7-13(5-2-6-13)17-12-9-10(15)3-4-11(12)14/h3-4,9,16H,2,5-8H2,1H3. The lowest BCUT2D eigenvalue weighted by Gasteiger charge is -2.42. The Labute approximate surface area is 110 Å². The molecule has 1 saturated carbocycles. The van der Waals surface area contributed by atoms with Gasteiger partial charge < -0.3 is 10.1 Å². The summed E-state index contributed by atoms with van der Waals surface area (Å²) in [5.41, 5.74) is -0.0979. The number of nitrogens with one attached hydrogen (secondary N) is 1. The zero-order chi connectivity index (χ0) is 12.3. The Morgan fingerprint density at radius 3 is 2.82 bits per heavy atom. The van der Waals surface area contributed by atoms with Crippen LogP contribution in [0.5, 0.6) is 5.75 Å². The van der Waals surface area contributed by atoms with Crippen LogP contribution in [0.25, 0.3) is 0 Å². The molecule has 0 saturated heterocycles. The van der Waals surface area contributed by atoms with Crippen molar-refractivity contribution in [3.63, 3.8) is 0 Å². The Balaban J connectivity index is 2.09. The molecule has 0 radical (unpaired) electrons. The van der Waals surface area contributed by atoms with Gasteiger partial charge in [-0.2, -0.15) is 0 Å². The molecular formula is C13H17BrFNO. The Morgan fingerprint density at radius 2 is 2.24 bits per heavy atom. The second-order valence-corrected chi connectivity index (χ2v) is 5.42. The van der Waals surface area contributed by atoms with E-state index < -0.39 is 0 Å². The molecule has 0 aromatic heterocycles. The van der Waals surface area contributed by atoms with E-state index in [0.29, 0.717) is 5.75 Å². The largest absolute Gasteiger partial charge is 0.486 e. The Morgan fingerprint density at radius 1 is 1.47 bits per heavy atom. The topological polar surface area (TPSA) is 21.3 Å². The summed E-state index contributed by atoms with van der Waals surface area (Å²) in [6, 6.07) is 4.57. The quantitative estimate of drug-likeness (QED) is 0.899. The number of hydrogen-bond donors (Lipinski definition) is 1. The summed E-state index contributed by atoms with van der Waals surface area (Å²) < 4.78 is 20.0. The Bertz CT molecular complexity index is 393. The maximum absolute atomic E-state index is 13.2. The molecule has 0 atom stereocenters. The molecule has 17 heavy (non-hydrogen) atoms. The van der Waals surface area contributed by atoms with E-state index in [1.54, 1.807) is 6.07 Å². The molecule has 0 spiro atoms. The molecule has 0 heterocycles. The lowest BCUT2D eigenvalue weighted by atomic mass is 9.77. The van der Waals surface area contributed by atoms with E-state index in [2.05, 4.69) is 21.2 Å². The molecule has 1 N–H and O–H groups in total. The van der Waals surface area contributed by atoms with Crippen LogP contribution in [0, 0.1) is 5.82 Å². The van der Waals surface area contributed by atoms with Gasteiger partial charge in [-0.15, -0.1) is 0 Å². The lowest BCUT2D eigenvalue weighted by Crippen LogP contribution is -2.45. The molecule has 0 aliphatic heterocycles. The van der Waals surface area contributed by atoms with Crippen molar-refractivity contribution >= 4 is 15.9 Å². The number of hydrogen-bond acceptors (Lipinski definition) is 2. The summed E-state index contributed by atoms with van der Waals surface area (Å²) in [5.74, 6) is 0.354. The van der Waals surface area contributed by atoms with E-state index in [-0.39, 0.29) is 11.4 Å². The van der Waals surface area contributed by atoms with Gasteiger partial charge in [-0.25, -0.2) is 4.39 Å². The minimum absolute atomic E-state index is 0.0979. The molecular weight excluding hydrogens is 285 g/mol. The zero-order valence-corrected chi connectivity index (χ0v) is 11.5. The van der Waals surface area contributed by atoms with E-state index in [0.717, 1.165) is 30.3 Å². The molecule has 1 aliphatic rings. The molecule has 1 fully saturated rings. The van der Waals surface area contributed by atoms with Crippen molar-refractivity contribution < 1.29 is 9.13 Å². The van der Waals surface area contributed by atoms with Gasteiger partial charge in [0.05, 0.1) is 4.47 Å². The van der Waals surface area contributed by atoms with Crippen molar-refractivity contribution in [2.24, 2.45) is 0 Å². The Kier molecular flexibility index (Phi) is 4.05. The molecule has 2 nitrogen and oxygen atoms in total. The van der Waals surface area contributed by atoms with Crippen LogP contribution in [0.3, 0.4) is 0 Å². The highest BCUT2D eigenvalue weighted by Crippen LogP contribution is 2.41. The predicted molar refractivity (Wildman–Crippen MR) is 69.9 cm³/mol. The van der Waals surface area contributed by atoms with E-state index in [1.807, 2.05) is 7.05 Å². The van der Waals surface area contributed by atoms with Crippen molar-refractivity contribution in [2.45, 2.75) is 31.3 Å². The summed E-state index contributed by atoms with van der Waals surface area (Å²) in [6.45, 7) is 0.924. The maximum Gasteiger partial charge on any atom is 0.137 e. The predicted octanol–water partition coefficient (Wildman–Crippen LogP) is 3.50. The number of benzene rings is 1. The first-order chi connectivity index (χ1) is 8.15. The summed E-state index contributed by atoms with van der Waals surface area (Å²) in [7, 11) is 1.93. The first-order valence-corrected chi connectivity index (χ1v) is 6.73. The average molecular weight is 302 g/mol. The lowest BCUT2D eigenvalue weighted by molar-refractivity contribution is -0.0147. The van der Waals surface area contributed by atoms with E-state index >= 15 is 0 Å². The van der Waals surface area contributed by atoms with E-state index in [1.165, 1.54) is 18.6 Å². The molecule has 2 rings (SSSR count). The molecule has 1 aromatic carbocycles. The third-order valence-corrected chi connectivity index (χ3v) is 3.97. The van der Waals surface area contributed by atoms with Gasteiger partial charge in [-0.3, -0.25) is 0 Å². The summed E-state index contributed by atoms with van der Waals surface area (Å²) in [4.78, 5) is 0. The molecule has 0 bridgehead atoms. The van der Waals surface area contributed by atoms with Crippen LogP contribution in [0.15, 0.2) is 22.7 Å². The molecule has 0 amide bonds. The van der Waals surface area contributed by atoms with Crippen LogP contribution in [0.4, 0.5) is 4.39 Å². The zero-order valence-electron chi connectivity index (χ0n) is 9.93. The Hall–Kier alpha value is -0.610. The van der Waals surface area contributed by atoms with Crippen LogP contribution in [0.2, 0.25) is 0 Å². The average Bonchev–Trinajstić information content (AvgIpc) is 2.26. The third kappa shape index (κ3) is 2.99. The molecule has 4 heteroatoms. The van der Waals surface area contributed by atoms with Gasteiger partial charge in [-0.1, -0.05) is 0 Å². The number of ether oxygens (including phenoxy) is 1. The highest BCUT2D eigenvalue weighted by Gasteiger charge is 2.39. The molecule has 1 aliphatic carbocycles. The van der Waals surface area contributed by atoms with Crippen molar-refractivity contribution in [1.29, 1.82) is 0 Å². The first-order valence-electron chi connectivity index (χ1n) is 5.94. The van der Waals surface area contributed by atoms with Gasteiger partial charge in [0.25, 0.3) is 0 Å². The normalized spacial score (nSPS) is 17.6. The minimum atomic E-state index is -0.258. The summed E-state index contributed by atoms with van der Waals surface area (Å²) >= 11 is 3.40. The molecule has 94 valence electrons. The van der Waals surface area contributed by atoms with Crippen molar-refractivity contribution in [3.05, 3.63) is 28.5 Å². The summed E-state index contributed by atoms with van der Waals surface area (Å²) in [6.07, 6.45) is 4.26. The van der Waals surface area contributed by atoms with Crippen LogP contribution in [0.1, 0.15) is 25.7 Å².